The van der Waals surface area contributed by atoms with Crippen molar-refractivity contribution in [1.82, 2.24) is 19.8 Å². The molecule has 1 N–H and O–H groups in total. The summed E-state index contributed by atoms with van der Waals surface area (Å²) in [5.41, 5.74) is 1.50. The number of thiophene rings is 1. The monoisotopic (exact) mass is 487 g/mol. The summed E-state index contributed by atoms with van der Waals surface area (Å²) in [7, 11) is 3.18. The van der Waals surface area contributed by atoms with Gasteiger partial charge in [0.15, 0.2) is 16.7 Å². The minimum absolute atomic E-state index is 0.110. The fraction of sp³-hybridized carbons (Fsp3) is 0.364. The average Bonchev–Trinajstić information content (AvgIpc) is 3.58. The molecule has 0 fully saturated rings. The number of aromatic amines is 1. The molecule has 1 amide bonds. The number of carbonyl (C=O) groups excluding carboxylic acids is 1. The Kier molecular flexibility index (Phi) is 7.19. The number of ether oxygens (including phenoxy) is 2. The predicted octanol–water partition coefficient (Wildman–Crippen LogP) is 3.53. The zero-order chi connectivity index (χ0) is 23.4. The molecule has 0 bridgehead atoms. The van der Waals surface area contributed by atoms with Gasteiger partial charge in [0.1, 0.15) is 0 Å². The summed E-state index contributed by atoms with van der Waals surface area (Å²) in [6.07, 6.45) is 1.39. The summed E-state index contributed by atoms with van der Waals surface area (Å²) in [6.45, 7) is 2.53. The van der Waals surface area contributed by atoms with E-state index < -0.39 is 0 Å². The number of hydrazone groups is 1. The molecule has 174 valence electrons. The van der Waals surface area contributed by atoms with Crippen molar-refractivity contribution in [3.63, 3.8) is 0 Å². The molecule has 0 saturated carbocycles. The van der Waals surface area contributed by atoms with Crippen LogP contribution in [0, 0.1) is 0 Å². The summed E-state index contributed by atoms with van der Waals surface area (Å²) in [5, 5.41) is 15.2. The van der Waals surface area contributed by atoms with Crippen LogP contribution in [0.3, 0.4) is 0 Å². The number of methoxy groups -OCH3 is 2. The number of nitrogens with zero attached hydrogens (tertiary/aromatic N) is 4. The Bertz CT molecular complexity index is 1200. The molecular weight excluding hydrogens is 462 g/mol. The van der Waals surface area contributed by atoms with Gasteiger partial charge in [0, 0.05) is 13.0 Å². The second-order valence-corrected chi connectivity index (χ2v) is 9.24. The van der Waals surface area contributed by atoms with Gasteiger partial charge in [0.2, 0.25) is 0 Å². The van der Waals surface area contributed by atoms with Gasteiger partial charge in [-0.05, 0) is 35.6 Å². The van der Waals surface area contributed by atoms with E-state index in [1.807, 2.05) is 42.6 Å². The van der Waals surface area contributed by atoms with Crippen LogP contribution < -0.4 is 15.2 Å². The smallest absolute Gasteiger partial charge is 0.343 e. The van der Waals surface area contributed by atoms with E-state index in [2.05, 4.69) is 10.2 Å². The number of benzene rings is 1. The molecular formula is C22H25N5O4S2. The first kappa shape index (κ1) is 23.1. The van der Waals surface area contributed by atoms with E-state index in [-0.39, 0.29) is 23.4 Å². The summed E-state index contributed by atoms with van der Waals surface area (Å²) < 4.78 is 12.4. The lowest BCUT2D eigenvalue weighted by Gasteiger charge is -2.22. The molecule has 0 aliphatic carbocycles. The van der Waals surface area contributed by atoms with Crippen LogP contribution in [-0.2, 0) is 11.3 Å². The van der Waals surface area contributed by atoms with Gasteiger partial charge >= 0.3 is 5.69 Å². The van der Waals surface area contributed by atoms with Gasteiger partial charge in [0.05, 0.1) is 36.6 Å². The highest BCUT2D eigenvalue weighted by Gasteiger charge is 2.34. The van der Waals surface area contributed by atoms with Crippen LogP contribution in [0.25, 0.3) is 0 Å². The quantitative estimate of drug-likeness (QED) is 0.464. The highest BCUT2D eigenvalue weighted by atomic mass is 32.2. The second-order valence-electron chi connectivity index (χ2n) is 7.35. The van der Waals surface area contributed by atoms with Gasteiger partial charge in [-0.25, -0.2) is 14.9 Å². The Morgan fingerprint density at radius 1 is 1.27 bits per heavy atom. The molecule has 11 heteroatoms. The largest absolute Gasteiger partial charge is 0.493 e. The Morgan fingerprint density at radius 3 is 2.79 bits per heavy atom. The molecule has 1 atom stereocenters. The van der Waals surface area contributed by atoms with E-state index in [1.54, 1.807) is 30.1 Å². The number of thioether (sulfide) groups is 1. The molecule has 1 aliphatic rings. The lowest BCUT2D eigenvalue weighted by Crippen LogP contribution is -2.29. The lowest BCUT2D eigenvalue weighted by atomic mass is 10.0. The number of aromatic nitrogens is 3. The molecule has 0 spiro atoms. The van der Waals surface area contributed by atoms with Gasteiger partial charge < -0.3 is 9.47 Å². The maximum atomic E-state index is 13.3. The molecule has 4 rings (SSSR count). The maximum Gasteiger partial charge on any atom is 0.343 e. The number of H-pyrrole nitrogens is 1. The third kappa shape index (κ3) is 4.83. The lowest BCUT2D eigenvalue weighted by molar-refractivity contribution is -0.130. The predicted molar refractivity (Wildman–Crippen MR) is 128 cm³/mol. The molecule has 2 aromatic heterocycles. The first-order valence-corrected chi connectivity index (χ1v) is 12.4. The van der Waals surface area contributed by atoms with Gasteiger partial charge in [-0.2, -0.15) is 5.10 Å². The SMILES string of the molecule is CCCn1c(SCC(=O)N2N=C(c3cccs3)C[C@@H]2c2ccc(OC)c(OC)c2)n[nH]c1=O. The van der Waals surface area contributed by atoms with Crippen molar-refractivity contribution in [3.8, 4) is 11.5 Å². The first-order chi connectivity index (χ1) is 16.0. The topological polar surface area (TPSA) is 102 Å². The first-order valence-electron chi connectivity index (χ1n) is 10.5. The molecule has 9 nitrogen and oxygen atoms in total. The van der Waals surface area contributed by atoms with E-state index in [9.17, 15) is 9.59 Å². The number of amides is 1. The van der Waals surface area contributed by atoms with Crippen molar-refractivity contribution in [2.45, 2.75) is 37.5 Å². The van der Waals surface area contributed by atoms with Crippen molar-refractivity contribution in [3.05, 3.63) is 56.6 Å². The van der Waals surface area contributed by atoms with Crippen LogP contribution in [0.15, 0.2) is 50.8 Å². The Morgan fingerprint density at radius 2 is 2.09 bits per heavy atom. The summed E-state index contributed by atoms with van der Waals surface area (Å²) >= 11 is 2.82. The fourth-order valence-corrected chi connectivity index (χ4v) is 5.22. The van der Waals surface area contributed by atoms with Crippen molar-refractivity contribution < 1.29 is 14.3 Å². The van der Waals surface area contributed by atoms with Gasteiger partial charge in [-0.15, -0.1) is 16.4 Å². The van der Waals surface area contributed by atoms with Crippen molar-refractivity contribution in [2.75, 3.05) is 20.0 Å². The fourth-order valence-electron chi connectivity index (χ4n) is 3.68. The van der Waals surface area contributed by atoms with Gasteiger partial charge in [-0.3, -0.25) is 9.36 Å². The molecule has 0 unspecified atom stereocenters. The number of nitrogens with one attached hydrogen (secondary N) is 1. The standard InChI is InChI=1S/C22H25N5O4S2/c1-4-9-26-21(29)23-24-22(26)33-13-20(28)27-16(12-15(25-27)19-6-5-10-32-19)14-7-8-17(30-2)18(11-14)31-3/h5-8,10-11,16H,4,9,12-13H2,1-3H3,(H,23,29)/t16-/m1/s1. The normalized spacial score (nSPS) is 15.5. The summed E-state index contributed by atoms with van der Waals surface area (Å²) in [5.74, 6) is 1.17. The zero-order valence-electron chi connectivity index (χ0n) is 18.6. The summed E-state index contributed by atoms with van der Waals surface area (Å²) in [4.78, 5) is 26.3. The van der Waals surface area contributed by atoms with Gasteiger partial charge in [-0.1, -0.05) is 30.8 Å². The van der Waals surface area contributed by atoms with Crippen LogP contribution in [-0.4, -0.2) is 51.4 Å². The minimum atomic E-state index is -0.271. The highest BCUT2D eigenvalue weighted by Crippen LogP contribution is 2.38. The number of rotatable bonds is 9. The van der Waals surface area contributed by atoms with Crippen LogP contribution in [0.5, 0.6) is 11.5 Å². The number of hydrogen-bond acceptors (Lipinski definition) is 8. The molecule has 33 heavy (non-hydrogen) atoms. The van der Waals surface area contributed by atoms with Crippen molar-refractivity contribution in [1.29, 1.82) is 0 Å². The van der Waals surface area contributed by atoms with E-state index in [1.165, 1.54) is 16.8 Å². The van der Waals surface area contributed by atoms with Gasteiger partial charge in [0.25, 0.3) is 5.91 Å². The number of carbonyl (C=O) groups is 1. The van der Waals surface area contributed by atoms with Crippen LogP contribution in [0.4, 0.5) is 0 Å². The van der Waals surface area contributed by atoms with Crippen LogP contribution >= 0.6 is 23.1 Å². The van der Waals surface area contributed by atoms with E-state index in [0.29, 0.717) is 29.6 Å². The number of hydrogen-bond donors (Lipinski definition) is 1. The molecule has 1 aromatic carbocycles. The van der Waals surface area contributed by atoms with E-state index in [4.69, 9.17) is 14.6 Å². The molecule has 1 aliphatic heterocycles. The zero-order valence-corrected chi connectivity index (χ0v) is 20.2. The van der Waals surface area contributed by atoms with Crippen LogP contribution in [0.1, 0.15) is 36.2 Å². The summed E-state index contributed by atoms with van der Waals surface area (Å²) in [6, 6.07) is 9.35. The van der Waals surface area contributed by atoms with E-state index in [0.717, 1.165) is 22.6 Å². The van der Waals surface area contributed by atoms with Crippen LogP contribution in [0.2, 0.25) is 0 Å². The van der Waals surface area contributed by atoms with Crippen molar-refractivity contribution >= 4 is 34.7 Å². The molecule has 0 saturated heterocycles. The average molecular weight is 488 g/mol. The molecule has 0 radical (unpaired) electrons. The minimum Gasteiger partial charge on any atom is -0.493 e. The third-order valence-electron chi connectivity index (χ3n) is 5.26. The highest BCUT2D eigenvalue weighted by molar-refractivity contribution is 7.99. The van der Waals surface area contributed by atoms with E-state index >= 15 is 0 Å². The Balaban J connectivity index is 1.59. The molecule has 3 heterocycles. The van der Waals surface area contributed by atoms with Crippen molar-refractivity contribution in [2.24, 2.45) is 5.10 Å². The maximum absolute atomic E-state index is 13.3. The third-order valence-corrected chi connectivity index (χ3v) is 7.14. The molecule has 3 aromatic rings. The Labute approximate surface area is 199 Å². The second kappa shape index (κ2) is 10.3. The Hall–Kier alpha value is -3.05.